The maximum Gasteiger partial charge on any atom is 0.118 e. The maximum atomic E-state index is 10.8. The lowest BCUT2D eigenvalue weighted by molar-refractivity contribution is -0.130. The van der Waals surface area contributed by atoms with Crippen LogP contribution in [0.25, 0.3) is 0 Å². The molecule has 98 valence electrons. The van der Waals surface area contributed by atoms with Crippen LogP contribution in [0.15, 0.2) is 0 Å². The zero-order valence-corrected chi connectivity index (χ0v) is 10.9. The summed E-state index contributed by atoms with van der Waals surface area (Å²) in [5.74, 6) is 0. The Hall–Kier alpha value is -0.120. The lowest BCUT2D eigenvalue weighted by Crippen LogP contribution is -2.51. The first kappa shape index (κ1) is 11.9. The molecule has 3 fully saturated rings. The van der Waals surface area contributed by atoms with Crippen molar-refractivity contribution in [1.82, 2.24) is 9.80 Å². The molecule has 0 bridgehead atoms. The highest BCUT2D eigenvalue weighted by Gasteiger charge is 2.38. The van der Waals surface area contributed by atoms with Crippen LogP contribution in [-0.4, -0.2) is 52.9 Å². The Bertz CT molecular complexity index is 259. The summed E-state index contributed by atoms with van der Waals surface area (Å²) in [6, 6.07) is 0.885. The molecule has 1 saturated heterocycles. The molecule has 3 heteroatoms. The van der Waals surface area contributed by atoms with Gasteiger partial charge >= 0.3 is 0 Å². The fourth-order valence-electron chi connectivity index (χ4n) is 3.59. The molecule has 0 aromatic heterocycles. The summed E-state index contributed by atoms with van der Waals surface area (Å²) in [7, 11) is 0. The Labute approximate surface area is 105 Å². The molecule has 0 radical (unpaired) electrons. The molecular formula is C14H26N2O. The molecule has 1 N–H and O–H groups in total. The Morgan fingerprint density at radius 1 is 0.824 bits per heavy atom. The third-order valence-corrected chi connectivity index (χ3v) is 4.84. The van der Waals surface area contributed by atoms with E-state index in [1.807, 2.05) is 0 Å². The highest BCUT2D eigenvalue weighted by molar-refractivity contribution is 4.89. The van der Waals surface area contributed by atoms with Crippen LogP contribution in [0.1, 0.15) is 51.4 Å². The Kier molecular flexibility index (Phi) is 3.42. The molecule has 0 spiro atoms. The van der Waals surface area contributed by atoms with Crippen molar-refractivity contribution in [3.8, 4) is 0 Å². The smallest absolute Gasteiger partial charge is 0.118 e. The van der Waals surface area contributed by atoms with Gasteiger partial charge in [-0.05, 0) is 51.5 Å². The van der Waals surface area contributed by atoms with Gasteiger partial charge in [-0.1, -0.05) is 6.42 Å². The van der Waals surface area contributed by atoms with Crippen LogP contribution in [0.5, 0.6) is 0 Å². The molecule has 0 aromatic rings. The third kappa shape index (κ3) is 2.67. The van der Waals surface area contributed by atoms with E-state index in [0.717, 1.165) is 32.0 Å². The zero-order chi connectivity index (χ0) is 11.7. The predicted octanol–water partition coefficient (Wildman–Crippen LogP) is 1.81. The Balaban J connectivity index is 1.59. The highest BCUT2D eigenvalue weighted by Crippen LogP contribution is 2.33. The monoisotopic (exact) mass is 238 g/mol. The van der Waals surface area contributed by atoms with Gasteiger partial charge in [0.2, 0.25) is 0 Å². The van der Waals surface area contributed by atoms with Crippen LogP contribution in [0.3, 0.4) is 0 Å². The molecule has 0 aromatic carbocycles. The van der Waals surface area contributed by atoms with Gasteiger partial charge in [0.1, 0.15) is 5.72 Å². The number of nitrogens with zero attached hydrogens (tertiary/aromatic N) is 2. The van der Waals surface area contributed by atoms with Gasteiger partial charge < -0.3 is 5.11 Å². The van der Waals surface area contributed by atoms with E-state index in [-0.39, 0.29) is 0 Å². The van der Waals surface area contributed by atoms with Gasteiger partial charge in [0, 0.05) is 25.7 Å². The van der Waals surface area contributed by atoms with Gasteiger partial charge in [-0.25, -0.2) is 0 Å². The predicted molar refractivity (Wildman–Crippen MR) is 68.8 cm³/mol. The van der Waals surface area contributed by atoms with Gasteiger partial charge in [0.05, 0.1) is 0 Å². The van der Waals surface area contributed by atoms with Crippen LogP contribution >= 0.6 is 0 Å². The Morgan fingerprint density at radius 3 is 2.29 bits per heavy atom. The van der Waals surface area contributed by atoms with E-state index in [1.165, 1.54) is 51.6 Å². The summed E-state index contributed by atoms with van der Waals surface area (Å²) in [5, 5.41) is 10.8. The van der Waals surface area contributed by atoms with Crippen molar-refractivity contribution in [2.45, 2.75) is 63.1 Å². The van der Waals surface area contributed by atoms with Crippen LogP contribution in [0, 0.1) is 0 Å². The second-order valence-corrected chi connectivity index (χ2v) is 6.15. The second kappa shape index (κ2) is 4.87. The average Bonchev–Trinajstić information content (AvgIpc) is 3.16. The highest BCUT2D eigenvalue weighted by atomic mass is 16.3. The molecule has 0 unspecified atom stereocenters. The molecule has 3 rings (SSSR count). The van der Waals surface area contributed by atoms with Gasteiger partial charge in [-0.15, -0.1) is 0 Å². The minimum absolute atomic E-state index is 0.461. The molecule has 3 nitrogen and oxygen atoms in total. The van der Waals surface area contributed by atoms with Gasteiger partial charge in [0.15, 0.2) is 0 Å². The fraction of sp³-hybridized carbons (Fsp3) is 1.00. The van der Waals surface area contributed by atoms with Crippen molar-refractivity contribution in [3.05, 3.63) is 0 Å². The molecule has 1 heterocycles. The second-order valence-electron chi connectivity index (χ2n) is 6.15. The Morgan fingerprint density at radius 2 is 1.59 bits per heavy atom. The number of hydrogen-bond donors (Lipinski definition) is 1. The fourth-order valence-corrected chi connectivity index (χ4v) is 3.59. The SMILES string of the molecule is OC1(N2CCCN(C3CC3)CC2)CCCCC1. The van der Waals surface area contributed by atoms with Gasteiger partial charge in [-0.3, -0.25) is 9.80 Å². The zero-order valence-electron chi connectivity index (χ0n) is 10.9. The largest absolute Gasteiger partial charge is 0.376 e. The lowest BCUT2D eigenvalue weighted by Gasteiger charge is -2.42. The first-order valence-corrected chi connectivity index (χ1v) is 7.49. The standard InChI is InChI=1S/C14H26N2O/c17-14(7-2-1-3-8-14)16-10-4-9-15(11-12-16)13-5-6-13/h13,17H,1-12H2. The van der Waals surface area contributed by atoms with Crippen molar-refractivity contribution < 1.29 is 5.11 Å². The summed E-state index contributed by atoms with van der Waals surface area (Å²) in [4.78, 5) is 5.03. The molecular weight excluding hydrogens is 212 g/mol. The molecule has 0 atom stereocenters. The third-order valence-electron chi connectivity index (χ3n) is 4.84. The minimum Gasteiger partial charge on any atom is -0.376 e. The van der Waals surface area contributed by atoms with Crippen LogP contribution in [0.2, 0.25) is 0 Å². The summed E-state index contributed by atoms with van der Waals surface area (Å²) in [6.45, 7) is 4.59. The number of hydrogen-bond acceptors (Lipinski definition) is 3. The van der Waals surface area contributed by atoms with Crippen LogP contribution < -0.4 is 0 Å². The first-order chi connectivity index (χ1) is 8.28. The summed E-state index contributed by atoms with van der Waals surface area (Å²) >= 11 is 0. The molecule has 0 amide bonds. The quantitative estimate of drug-likeness (QED) is 0.795. The van der Waals surface area contributed by atoms with Crippen LogP contribution in [0.4, 0.5) is 0 Å². The molecule has 17 heavy (non-hydrogen) atoms. The van der Waals surface area contributed by atoms with Gasteiger partial charge in [0.25, 0.3) is 0 Å². The van der Waals surface area contributed by atoms with E-state index in [0.29, 0.717) is 0 Å². The molecule has 2 saturated carbocycles. The maximum absolute atomic E-state index is 10.8. The average molecular weight is 238 g/mol. The van der Waals surface area contributed by atoms with E-state index in [1.54, 1.807) is 0 Å². The molecule has 3 aliphatic rings. The van der Waals surface area contributed by atoms with E-state index >= 15 is 0 Å². The van der Waals surface area contributed by atoms with E-state index in [9.17, 15) is 5.11 Å². The van der Waals surface area contributed by atoms with E-state index in [2.05, 4.69) is 9.80 Å². The molecule has 2 aliphatic carbocycles. The topological polar surface area (TPSA) is 26.7 Å². The summed E-state index contributed by atoms with van der Waals surface area (Å²) in [6.07, 6.45) is 9.77. The lowest BCUT2D eigenvalue weighted by atomic mass is 9.90. The molecule has 1 aliphatic heterocycles. The van der Waals surface area contributed by atoms with Crippen molar-refractivity contribution in [2.75, 3.05) is 26.2 Å². The van der Waals surface area contributed by atoms with E-state index < -0.39 is 5.72 Å². The summed E-state index contributed by atoms with van der Waals surface area (Å²) < 4.78 is 0. The normalized spacial score (nSPS) is 32.3. The van der Waals surface area contributed by atoms with Crippen molar-refractivity contribution in [3.63, 3.8) is 0 Å². The summed E-state index contributed by atoms with van der Waals surface area (Å²) in [5.41, 5.74) is -0.461. The van der Waals surface area contributed by atoms with Crippen LogP contribution in [-0.2, 0) is 0 Å². The number of rotatable bonds is 2. The van der Waals surface area contributed by atoms with Crippen molar-refractivity contribution >= 4 is 0 Å². The first-order valence-electron chi connectivity index (χ1n) is 7.49. The number of aliphatic hydroxyl groups is 1. The van der Waals surface area contributed by atoms with E-state index in [4.69, 9.17) is 0 Å². The van der Waals surface area contributed by atoms with Gasteiger partial charge in [-0.2, -0.15) is 0 Å². The minimum atomic E-state index is -0.461. The van der Waals surface area contributed by atoms with Crippen molar-refractivity contribution in [2.24, 2.45) is 0 Å². The van der Waals surface area contributed by atoms with Crippen molar-refractivity contribution in [1.29, 1.82) is 0 Å².